The zero-order valence-corrected chi connectivity index (χ0v) is 8.07. The van der Waals surface area contributed by atoms with E-state index >= 15 is 0 Å². The van der Waals surface area contributed by atoms with E-state index in [4.69, 9.17) is 5.73 Å². The molecule has 2 atom stereocenters. The van der Waals surface area contributed by atoms with Crippen LogP contribution in [0.15, 0.2) is 12.3 Å². The van der Waals surface area contributed by atoms with Crippen LogP contribution in [0.3, 0.4) is 0 Å². The Morgan fingerprint density at radius 3 is 2.85 bits per heavy atom. The molecule has 13 heavy (non-hydrogen) atoms. The lowest BCUT2D eigenvalue weighted by molar-refractivity contribution is 0.548. The molecule has 3 nitrogen and oxygen atoms in total. The zero-order valence-electron chi connectivity index (χ0n) is 8.07. The Hall–Kier alpha value is -1.12. The summed E-state index contributed by atoms with van der Waals surface area (Å²) in [5.74, 6) is 2.79. The first-order valence-electron chi connectivity index (χ1n) is 4.77. The van der Waals surface area contributed by atoms with Gasteiger partial charge in [-0.1, -0.05) is 13.8 Å². The van der Waals surface area contributed by atoms with E-state index in [1.165, 1.54) is 12.0 Å². The number of hydrogen-bond acceptors (Lipinski definition) is 3. The van der Waals surface area contributed by atoms with Crippen molar-refractivity contribution in [2.24, 2.45) is 11.8 Å². The van der Waals surface area contributed by atoms with Crippen LogP contribution in [0.25, 0.3) is 0 Å². The molecule has 0 bridgehead atoms. The summed E-state index contributed by atoms with van der Waals surface area (Å²) in [7, 11) is 0. The number of nitrogen functional groups attached to an aromatic ring is 1. The van der Waals surface area contributed by atoms with Crippen molar-refractivity contribution >= 4 is 5.82 Å². The Balaban J connectivity index is 2.16. The quantitative estimate of drug-likeness (QED) is 0.749. The van der Waals surface area contributed by atoms with Crippen LogP contribution in [0, 0.1) is 11.8 Å². The van der Waals surface area contributed by atoms with Crippen molar-refractivity contribution in [2.45, 2.75) is 26.2 Å². The maximum Gasteiger partial charge on any atom is 0.149 e. The summed E-state index contributed by atoms with van der Waals surface area (Å²) in [5, 5.41) is 7.61. The fraction of sp³-hybridized carbons (Fsp3) is 0.600. The Labute approximate surface area is 78.4 Å². The number of hydrogen-bond donors (Lipinski definition) is 1. The molecule has 1 aromatic rings. The highest BCUT2D eigenvalue weighted by molar-refractivity contribution is 5.42. The SMILES string of the molecule is CC(C)[C@H]1C[C@@H]1c1ccnnc1N. The van der Waals surface area contributed by atoms with Gasteiger partial charge in [-0.2, -0.15) is 5.10 Å². The van der Waals surface area contributed by atoms with Crippen LogP contribution in [-0.2, 0) is 0 Å². The van der Waals surface area contributed by atoms with Gasteiger partial charge in [0.15, 0.2) is 0 Å². The summed E-state index contributed by atoms with van der Waals surface area (Å²) >= 11 is 0. The molecule has 0 spiro atoms. The highest BCUT2D eigenvalue weighted by Crippen LogP contribution is 2.52. The van der Waals surface area contributed by atoms with Crippen molar-refractivity contribution in [1.29, 1.82) is 0 Å². The Morgan fingerprint density at radius 1 is 1.54 bits per heavy atom. The lowest BCUT2D eigenvalue weighted by Gasteiger charge is -2.04. The van der Waals surface area contributed by atoms with E-state index in [1.807, 2.05) is 6.07 Å². The number of nitrogens with two attached hydrogens (primary N) is 1. The average molecular weight is 177 g/mol. The minimum absolute atomic E-state index is 0.607. The van der Waals surface area contributed by atoms with Gasteiger partial charge in [-0.3, -0.25) is 0 Å². The van der Waals surface area contributed by atoms with Crippen molar-refractivity contribution in [2.75, 3.05) is 5.73 Å². The van der Waals surface area contributed by atoms with Crippen LogP contribution in [0.2, 0.25) is 0 Å². The van der Waals surface area contributed by atoms with Crippen LogP contribution < -0.4 is 5.73 Å². The largest absolute Gasteiger partial charge is 0.382 e. The minimum Gasteiger partial charge on any atom is -0.382 e. The first kappa shape index (κ1) is 8.48. The summed E-state index contributed by atoms with van der Waals surface area (Å²) in [6.45, 7) is 4.52. The summed E-state index contributed by atoms with van der Waals surface area (Å²) in [6, 6.07) is 2.00. The number of nitrogens with zero attached hydrogens (tertiary/aromatic N) is 2. The summed E-state index contributed by atoms with van der Waals surface area (Å²) in [4.78, 5) is 0. The van der Waals surface area contributed by atoms with Gasteiger partial charge in [0, 0.05) is 5.56 Å². The molecule has 1 aliphatic carbocycles. The van der Waals surface area contributed by atoms with Gasteiger partial charge in [-0.15, -0.1) is 5.10 Å². The molecule has 0 saturated heterocycles. The van der Waals surface area contributed by atoms with Gasteiger partial charge >= 0.3 is 0 Å². The van der Waals surface area contributed by atoms with Gasteiger partial charge in [0.1, 0.15) is 5.82 Å². The van der Waals surface area contributed by atoms with E-state index in [0.717, 1.165) is 11.8 Å². The number of aromatic nitrogens is 2. The lowest BCUT2D eigenvalue weighted by Crippen LogP contribution is -2.00. The fourth-order valence-electron chi connectivity index (χ4n) is 1.97. The van der Waals surface area contributed by atoms with Crippen LogP contribution in [0.5, 0.6) is 0 Å². The Morgan fingerprint density at radius 2 is 2.31 bits per heavy atom. The molecule has 1 aliphatic rings. The highest BCUT2D eigenvalue weighted by Gasteiger charge is 2.41. The predicted octanol–water partition coefficient (Wildman–Crippen LogP) is 1.82. The van der Waals surface area contributed by atoms with Gasteiger partial charge in [0.2, 0.25) is 0 Å². The molecule has 2 N–H and O–H groups in total. The molecule has 1 heterocycles. The monoisotopic (exact) mass is 177 g/mol. The summed E-state index contributed by atoms with van der Waals surface area (Å²) in [5.41, 5.74) is 6.94. The van der Waals surface area contributed by atoms with Crippen molar-refractivity contribution in [3.8, 4) is 0 Å². The van der Waals surface area contributed by atoms with Gasteiger partial charge in [-0.25, -0.2) is 0 Å². The van der Waals surface area contributed by atoms with E-state index in [0.29, 0.717) is 11.7 Å². The van der Waals surface area contributed by atoms with Crippen molar-refractivity contribution in [3.63, 3.8) is 0 Å². The molecule has 1 aromatic heterocycles. The van der Waals surface area contributed by atoms with Gasteiger partial charge < -0.3 is 5.73 Å². The zero-order chi connectivity index (χ0) is 9.42. The second-order valence-corrected chi connectivity index (χ2v) is 4.12. The van der Waals surface area contributed by atoms with Crippen molar-refractivity contribution in [3.05, 3.63) is 17.8 Å². The third-order valence-electron chi connectivity index (χ3n) is 2.88. The molecule has 0 unspecified atom stereocenters. The van der Waals surface area contributed by atoms with E-state index in [1.54, 1.807) is 6.20 Å². The topological polar surface area (TPSA) is 51.8 Å². The third kappa shape index (κ3) is 1.50. The van der Waals surface area contributed by atoms with E-state index in [9.17, 15) is 0 Å². The molecule has 2 rings (SSSR count). The fourth-order valence-corrected chi connectivity index (χ4v) is 1.97. The third-order valence-corrected chi connectivity index (χ3v) is 2.88. The first-order chi connectivity index (χ1) is 6.20. The Bertz CT molecular complexity index is 309. The van der Waals surface area contributed by atoms with Crippen molar-refractivity contribution < 1.29 is 0 Å². The molecule has 70 valence electrons. The maximum absolute atomic E-state index is 5.75. The predicted molar refractivity (Wildman–Crippen MR) is 52.1 cm³/mol. The normalized spacial score (nSPS) is 26.4. The van der Waals surface area contributed by atoms with Crippen LogP contribution in [0.1, 0.15) is 31.7 Å². The molecule has 0 aliphatic heterocycles. The smallest absolute Gasteiger partial charge is 0.149 e. The molecule has 0 aromatic carbocycles. The maximum atomic E-state index is 5.75. The second-order valence-electron chi connectivity index (χ2n) is 4.12. The van der Waals surface area contributed by atoms with Gasteiger partial charge in [0.25, 0.3) is 0 Å². The van der Waals surface area contributed by atoms with Crippen molar-refractivity contribution in [1.82, 2.24) is 10.2 Å². The van der Waals surface area contributed by atoms with Crippen LogP contribution in [-0.4, -0.2) is 10.2 Å². The minimum atomic E-state index is 0.607. The second kappa shape index (κ2) is 2.98. The molecular formula is C10H15N3. The Kier molecular flexibility index (Phi) is 1.94. The number of rotatable bonds is 2. The van der Waals surface area contributed by atoms with Gasteiger partial charge in [0.05, 0.1) is 6.20 Å². The standard InChI is InChI=1S/C10H15N3/c1-6(2)8-5-9(8)7-3-4-12-13-10(7)11/h3-4,6,8-9H,5H2,1-2H3,(H2,11,13)/t8-,9-/m1/s1. The summed E-state index contributed by atoms with van der Waals surface area (Å²) in [6.07, 6.45) is 2.98. The van der Waals surface area contributed by atoms with E-state index in [-0.39, 0.29) is 0 Å². The van der Waals surface area contributed by atoms with E-state index in [2.05, 4.69) is 24.0 Å². The molecule has 0 amide bonds. The first-order valence-corrected chi connectivity index (χ1v) is 4.77. The molecule has 3 heteroatoms. The van der Waals surface area contributed by atoms with E-state index < -0.39 is 0 Å². The number of anilines is 1. The summed E-state index contributed by atoms with van der Waals surface area (Å²) < 4.78 is 0. The molecule has 1 fully saturated rings. The van der Waals surface area contributed by atoms with Crippen LogP contribution in [0.4, 0.5) is 5.82 Å². The van der Waals surface area contributed by atoms with Gasteiger partial charge in [-0.05, 0) is 30.2 Å². The molecule has 0 radical (unpaired) electrons. The average Bonchev–Trinajstić information content (AvgIpc) is 2.84. The molecule has 1 saturated carbocycles. The molecular weight excluding hydrogens is 162 g/mol. The highest BCUT2D eigenvalue weighted by atomic mass is 15.1. The van der Waals surface area contributed by atoms with Crippen LogP contribution >= 0.6 is 0 Å². The lowest BCUT2D eigenvalue weighted by atomic mass is 10.0.